The minimum Gasteiger partial charge on any atom is -0.497 e. The third-order valence-corrected chi connectivity index (χ3v) is 4.84. The summed E-state index contributed by atoms with van der Waals surface area (Å²) < 4.78 is 5.20. The van der Waals surface area contributed by atoms with Gasteiger partial charge in [-0.2, -0.15) is 10.2 Å². The molecular formula is C16H22N2O. The lowest BCUT2D eigenvalue weighted by molar-refractivity contribution is 0.314. The topological polar surface area (TPSA) is 34.0 Å². The maximum Gasteiger partial charge on any atom is 0.118 e. The van der Waals surface area contributed by atoms with E-state index in [-0.39, 0.29) is 5.54 Å². The number of fused-ring (bicyclic) bond motifs is 1. The molecule has 0 amide bonds. The Bertz CT molecular complexity index is 468. The van der Waals surface area contributed by atoms with Gasteiger partial charge >= 0.3 is 0 Å². The highest BCUT2D eigenvalue weighted by Crippen LogP contribution is 2.48. The van der Waals surface area contributed by atoms with E-state index in [0.717, 1.165) is 18.6 Å². The molecule has 0 N–H and O–H groups in total. The Morgan fingerprint density at radius 2 is 2.11 bits per heavy atom. The molecule has 1 fully saturated rings. The third kappa shape index (κ3) is 2.26. The minimum absolute atomic E-state index is 0.152. The van der Waals surface area contributed by atoms with Crippen LogP contribution in [0.15, 0.2) is 34.5 Å². The zero-order chi connectivity index (χ0) is 13.3. The molecular weight excluding hydrogens is 236 g/mol. The number of hydrogen-bond acceptors (Lipinski definition) is 3. The molecule has 19 heavy (non-hydrogen) atoms. The van der Waals surface area contributed by atoms with Gasteiger partial charge in [0.1, 0.15) is 5.75 Å². The smallest absolute Gasteiger partial charge is 0.118 e. The van der Waals surface area contributed by atoms with Gasteiger partial charge in [0.25, 0.3) is 0 Å². The van der Waals surface area contributed by atoms with Crippen molar-refractivity contribution in [3.63, 3.8) is 0 Å². The van der Waals surface area contributed by atoms with Crippen molar-refractivity contribution >= 4 is 0 Å². The van der Waals surface area contributed by atoms with Crippen molar-refractivity contribution in [1.82, 2.24) is 0 Å². The number of azo groups is 1. The van der Waals surface area contributed by atoms with Crippen LogP contribution in [0.2, 0.25) is 0 Å². The van der Waals surface area contributed by atoms with Gasteiger partial charge in [-0.15, -0.1) is 0 Å². The average Bonchev–Trinajstić information content (AvgIpc) is 2.99. The van der Waals surface area contributed by atoms with Crippen LogP contribution in [0.25, 0.3) is 0 Å². The standard InChI is InChI=1S/C16H22N2O/c1-12-15-4-3-10-16(15,18-17-12)11-9-13-5-7-14(19-2)8-6-13/h5-8,12,15H,3-4,9-11H2,1-2H3/t12-,15?,16+/m1/s1. The monoisotopic (exact) mass is 258 g/mol. The van der Waals surface area contributed by atoms with E-state index in [1.807, 2.05) is 12.1 Å². The van der Waals surface area contributed by atoms with Gasteiger partial charge in [0.05, 0.1) is 18.7 Å². The average molecular weight is 258 g/mol. The Morgan fingerprint density at radius 1 is 1.32 bits per heavy atom. The summed E-state index contributed by atoms with van der Waals surface area (Å²) in [5.74, 6) is 1.61. The van der Waals surface area contributed by atoms with E-state index in [0.29, 0.717) is 12.0 Å². The lowest BCUT2D eigenvalue weighted by atomic mass is 9.80. The molecule has 1 aromatic rings. The summed E-state index contributed by atoms with van der Waals surface area (Å²) in [6, 6.07) is 8.83. The highest BCUT2D eigenvalue weighted by atomic mass is 16.5. The van der Waals surface area contributed by atoms with Gasteiger partial charge in [0, 0.05) is 5.92 Å². The number of rotatable bonds is 4. The molecule has 3 rings (SSSR count). The number of aryl methyl sites for hydroxylation is 1. The van der Waals surface area contributed by atoms with Crippen molar-refractivity contribution in [2.45, 2.75) is 50.6 Å². The molecule has 3 nitrogen and oxygen atoms in total. The summed E-state index contributed by atoms with van der Waals surface area (Å²) in [6.07, 6.45) is 6.07. The van der Waals surface area contributed by atoms with Crippen LogP contribution in [0.3, 0.4) is 0 Å². The van der Waals surface area contributed by atoms with E-state index in [1.54, 1.807) is 7.11 Å². The fourth-order valence-corrected chi connectivity index (χ4v) is 3.70. The van der Waals surface area contributed by atoms with Gasteiger partial charge in [0.15, 0.2) is 0 Å². The predicted molar refractivity (Wildman–Crippen MR) is 75.7 cm³/mol. The van der Waals surface area contributed by atoms with Crippen molar-refractivity contribution in [2.24, 2.45) is 16.1 Å². The Balaban J connectivity index is 1.67. The van der Waals surface area contributed by atoms with Crippen LogP contribution < -0.4 is 4.74 Å². The van der Waals surface area contributed by atoms with E-state index < -0.39 is 0 Å². The maximum absolute atomic E-state index is 5.20. The molecule has 1 aliphatic heterocycles. The molecule has 1 heterocycles. The molecule has 3 atom stereocenters. The van der Waals surface area contributed by atoms with Crippen LogP contribution in [-0.4, -0.2) is 18.7 Å². The molecule has 0 bridgehead atoms. The first kappa shape index (κ1) is 12.6. The van der Waals surface area contributed by atoms with Crippen LogP contribution in [0, 0.1) is 5.92 Å². The minimum atomic E-state index is 0.152. The van der Waals surface area contributed by atoms with Gasteiger partial charge in [-0.1, -0.05) is 18.6 Å². The Hall–Kier alpha value is -1.38. The second-order valence-corrected chi connectivity index (χ2v) is 5.91. The van der Waals surface area contributed by atoms with E-state index >= 15 is 0 Å². The molecule has 3 heteroatoms. The Morgan fingerprint density at radius 3 is 2.84 bits per heavy atom. The summed E-state index contributed by atoms with van der Waals surface area (Å²) in [4.78, 5) is 0. The maximum atomic E-state index is 5.20. The first-order valence-corrected chi connectivity index (χ1v) is 7.28. The molecule has 1 saturated carbocycles. The lowest BCUT2D eigenvalue weighted by Gasteiger charge is -2.26. The fourth-order valence-electron chi connectivity index (χ4n) is 3.70. The fraction of sp³-hybridized carbons (Fsp3) is 0.625. The predicted octanol–water partition coefficient (Wildman–Crippen LogP) is 4.02. The van der Waals surface area contributed by atoms with E-state index in [9.17, 15) is 0 Å². The van der Waals surface area contributed by atoms with Crippen LogP contribution in [-0.2, 0) is 6.42 Å². The summed E-state index contributed by atoms with van der Waals surface area (Å²) in [5.41, 5.74) is 1.52. The number of hydrogen-bond donors (Lipinski definition) is 0. The number of methoxy groups -OCH3 is 1. The van der Waals surface area contributed by atoms with E-state index in [1.165, 1.54) is 24.8 Å². The van der Waals surface area contributed by atoms with E-state index in [2.05, 4.69) is 29.3 Å². The number of ether oxygens (including phenoxy) is 1. The van der Waals surface area contributed by atoms with Crippen LogP contribution >= 0.6 is 0 Å². The zero-order valence-corrected chi connectivity index (χ0v) is 11.8. The van der Waals surface area contributed by atoms with Crippen LogP contribution in [0.4, 0.5) is 0 Å². The molecule has 0 saturated heterocycles. The summed E-state index contributed by atoms with van der Waals surface area (Å²) in [7, 11) is 1.71. The molecule has 1 aliphatic carbocycles. The molecule has 102 valence electrons. The second-order valence-electron chi connectivity index (χ2n) is 5.91. The number of benzene rings is 1. The summed E-state index contributed by atoms with van der Waals surface area (Å²) >= 11 is 0. The third-order valence-electron chi connectivity index (χ3n) is 4.84. The van der Waals surface area contributed by atoms with Crippen LogP contribution in [0.5, 0.6) is 5.75 Å². The highest BCUT2D eigenvalue weighted by molar-refractivity contribution is 5.27. The van der Waals surface area contributed by atoms with Gasteiger partial charge in [-0.3, -0.25) is 0 Å². The van der Waals surface area contributed by atoms with Gasteiger partial charge in [-0.05, 0) is 50.3 Å². The lowest BCUT2D eigenvalue weighted by Crippen LogP contribution is -2.32. The summed E-state index contributed by atoms with van der Waals surface area (Å²) in [6.45, 7) is 2.22. The van der Waals surface area contributed by atoms with E-state index in [4.69, 9.17) is 4.74 Å². The van der Waals surface area contributed by atoms with Crippen molar-refractivity contribution in [3.05, 3.63) is 29.8 Å². The van der Waals surface area contributed by atoms with Crippen molar-refractivity contribution in [1.29, 1.82) is 0 Å². The highest BCUT2D eigenvalue weighted by Gasteiger charge is 2.48. The first-order chi connectivity index (χ1) is 9.23. The number of nitrogens with zero attached hydrogens (tertiary/aromatic N) is 2. The van der Waals surface area contributed by atoms with Crippen LogP contribution in [0.1, 0.15) is 38.2 Å². The molecule has 0 radical (unpaired) electrons. The molecule has 1 aromatic carbocycles. The Labute approximate surface area is 115 Å². The largest absolute Gasteiger partial charge is 0.497 e. The van der Waals surface area contributed by atoms with Gasteiger partial charge in [0.2, 0.25) is 0 Å². The molecule has 0 aromatic heterocycles. The zero-order valence-electron chi connectivity index (χ0n) is 11.8. The summed E-state index contributed by atoms with van der Waals surface area (Å²) in [5, 5.41) is 9.10. The SMILES string of the molecule is COc1ccc(CC[C@@]23CCCC2[C@@H](C)N=N3)cc1. The second kappa shape index (κ2) is 4.95. The molecule has 2 aliphatic rings. The Kier molecular flexibility index (Phi) is 3.29. The molecule has 0 spiro atoms. The normalized spacial score (nSPS) is 32.5. The van der Waals surface area contributed by atoms with Crippen molar-refractivity contribution in [2.75, 3.05) is 7.11 Å². The van der Waals surface area contributed by atoms with Crippen molar-refractivity contribution in [3.8, 4) is 5.75 Å². The van der Waals surface area contributed by atoms with Gasteiger partial charge < -0.3 is 4.74 Å². The molecule has 1 unspecified atom stereocenters. The quantitative estimate of drug-likeness (QED) is 0.803. The van der Waals surface area contributed by atoms with Crippen molar-refractivity contribution < 1.29 is 4.74 Å². The first-order valence-electron chi connectivity index (χ1n) is 7.28. The van der Waals surface area contributed by atoms with Gasteiger partial charge in [-0.25, -0.2) is 0 Å².